The van der Waals surface area contributed by atoms with Crippen molar-refractivity contribution in [2.45, 2.75) is 13.5 Å². The largest absolute Gasteiger partial charge is 0.496 e. The van der Waals surface area contributed by atoms with Crippen LogP contribution in [0.5, 0.6) is 11.5 Å². The fourth-order valence-electron chi connectivity index (χ4n) is 2.12. The van der Waals surface area contributed by atoms with Crippen LogP contribution in [0.1, 0.15) is 11.1 Å². The number of aryl methyl sites for hydroxylation is 1. The Balaban J connectivity index is 1.94. The number of methoxy groups -OCH3 is 1. The maximum atomic E-state index is 11.9. The van der Waals surface area contributed by atoms with E-state index in [0.717, 1.165) is 11.1 Å². The summed E-state index contributed by atoms with van der Waals surface area (Å²) in [5.41, 5.74) is 1.47. The second-order valence-electron chi connectivity index (χ2n) is 5.11. The van der Waals surface area contributed by atoms with Gasteiger partial charge in [0.2, 0.25) is 0 Å². The van der Waals surface area contributed by atoms with Crippen molar-refractivity contribution in [3.8, 4) is 11.5 Å². The number of para-hydroxylation sites is 1. The first-order valence-electron chi connectivity index (χ1n) is 7.27. The summed E-state index contributed by atoms with van der Waals surface area (Å²) in [6, 6.07) is 11.8. The van der Waals surface area contributed by atoms with Gasteiger partial charge in [-0.3, -0.25) is 14.9 Å². The van der Waals surface area contributed by atoms with Crippen molar-refractivity contribution < 1.29 is 19.2 Å². The number of ether oxygens (including phenoxy) is 2. The van der Waals surface area contributed by atoms with Gasteiger partial charge in [-0.2, -0.15) is 0 Å². The molecule has 0 aliphatic rings. The smallest absolute Gasteiger partial charge is 0.310 e. The molecule has 0 heterocycles. The molecule has 0 unspecified atom stereocenters. The highest BCUT2D eigenvalue weighted by molar-refractivity contribution is 5.77. The average Bonchev–Trinajstić information content (AvgIpc) is 2.58. The normalized spacial score (nSPS) is 10.1. The third-order valence-electron chi connectivity index (χ3n) is 3.34. The van der Waals surface area contributed by atoms with E-state index >= 15 is 0 Å². The fraction of sp³-hybridized carbons (Fsp3) is 0.235. The van der Waals surface area contributed by atoms with E-state index in [-0.39, 0.29) is 30.5 Å². The Kier molecular flexibility index (Phi) is 5.73. The van der Waals surface area contributed by atoms with E-state index in [1.54, 1.807) is 26.2 Å². The first-order chi connectivity index (χ1) is 11.5. The number of nitro groups is 1. The van der Waals surface area contributed by atoms with Crippen LogP contribution in [0.2, 0.25) is 0 Å². The molecular formula is C17H18N2O5. The third-order valence-corrected chi connectivity index (χ3v) is 3.34. The summed E-state index contributed by atoms with van der Waals surface area (Å²) in [6.45, 7) is 1.76. The minimum atomic E-state index is -0.540. The number of amides is 1. The second kappa shape index (κ2) is 7.96. The molecule has 0 aliphatic carbocycles. The third kappa shape index (κ3) is 4.45. The van der Waals surface area contributed by atoms with E-state index in [1.165, 1.54) is 12.1 Å². The Hall–Kier alpha value is -3.09. The zero-order valence-electron chi connectivity index (χ0n) is 13.4. The van der Waals surface area contributed by atoms with Crippen molar-refractivity contribution >= 4 is 11.6 Å². The van der Waals surface area contributed by atoms with E-state index < -0.39 is 4.92 Å². The van der Waals surface area contributed by atoms with Crippen molar-refractivity contribution in [3.05, 3.63) is 63.7 Å². The topological polar surface area (TPSA) is 90.7 Å². The molecule has 0 saturated heterocycles. The first kappa shape index (κ1) is 17.3. The molecule has 0 spiro atoms. The molecule has 0 atom stereocenters. The minimum absolute atomic E-state index is 0.0763. The maximum Gasteiger partial charge on any atom is 0.310 e. The van der Waals surface area contributed by atoms with Crippen LogP contribution >= 0.6 is 0 Å². The average molecular weight is 330 g/mol. The fourth-order valence-corrected chi connectivity index (χ4v) is 2.12. The number of hydrogen-bond acceptors (Lipinski definition) is 5. The van der Waals surface area contributed by atoms with E-state index in [4.69, 9.17) is 9.47 Å². The molecule has 0 radical (unpaired) electrons. The predicted octanol–water partition coefficient (Wildman–Crippen LogP) is 2.61. The summed E-state index contributed by atoms with van der Waals surface area (Å²) in [5.74, 6) is 0.372. The van der Waals surface area contributed by atoms with Crippen molar-refractivity contribution in [1.82, 2.24) is 5.32 Å². The van der Waals surface area contributed by atoms with Crippen molar-refractivity contribution in [2.24, 2.45) is 0 Å². The van der Waals surface area contributed by atoms with Gasteiger partial charge in [0.25, 0.3) is 5.91 Å². The zero-order valence-corrected chi connectivity index (χ0v) is 13.4. The van der Waals surface area contributed by atoms with Gasteiger partial charge in [0.05, 0.1) is 12.0 Å². The van der Waals surface area contributed by atoms with Crippen LogP contribution < -0.4 is 14.8 Å². The molecule has 0 aliphatic heterocycles. The molecule has 2 aromatic carbocycles. The number of nitrogens with one attached hydrogen (secondary N) is 1. The lowest BCUT2D eigenvalue weighted by atomic mass is 10.2. The van der Waals surface area contributed by atoms with E-state index in [9.17, 15) is 14.9 Å². The molecule has 24 heavy (non-hydrogen) atoms. The molecular weight excluding hydrogens is 312 g/mol. The Labute approximate surface area is 139 Å². The van der Waals surface area contributed by atoms with Gasteiger partial charge in [-0.1, -0.05) is 24.3 Å². The molecule has 2 rings (SSSR count). The highest BCUT2D eigenvalue weighted by Crippen LogP contribution is 2.27. The van der Waals surface area contributed by atoms with Crippen LogP contribution in [-0.4, -0.2) is 24.5 Å². The van der Waals surface area contributed by atoms with Crippen LogP contribution in [-0.2, 0) is 11.3 Å². The lowest BCUT2D eigenvalue weighted by molar-refractivity contribution is -0.385. The molecule has 1 amide bonds. The molecule has 0 saturated carbocycles. The molecule has 2 aromatic rings. The quantitative estimate of drug-likeness (QED) is 0.622. The molecule has 7 heteroatoms. The van der Waals surface area contributed by atoms with Gasteiger partial charge < -0.3 is 14.8 Å². The lowest BCUT2D eigenvalue weighted by Gasteiger charge is -2.10. The number of hydrogen-bond donors (Lipinski definition) is 1. The molecule has 0 aromatic heterocycles. The molecule has 126 valence electrons. The summed E-state index contributed by atoms with van der Waals surface area (Å²) in [7, 11) is 1.56. The van der Waals surface area contributed by atoms with Gasteiger partial charge in [0.15, 0.2) is 12.4 Å². The van der Waals surface area contributed by atoms with Gasteiger partial charge in [0, 0.05) is 18.2 Å². The first-order valence-corrected chi connectivity index (χ1v) is 7.27. The van der Waals surface area contributed by atoms with Crippen LogP contribution in [0.4, 0.5) is 5.69 Å². The molecule has 7 nitrogen and oxygen atoms in total. The van der Waals surface area contributed by atoms with Crippen LogP contribution in [0.25, 0.3) is 0 Å². The standard InChI is InChI=1S/C17H18N2O5/c1-12-7-8-14(19(21)22)16(9-12)24-11-17(20)18-10-13-5-3-4-6-15(13)23-2/h3-9H,10-11H2,1-2H3,(H,18,20). The summed E-state index contributed by atoms with van der Waals surface area (Å²) in [6.07, 6.45) is 0. The number of carbonyl (C=O) groups excluding carboxylic acids is 1. The minimum Gasteiger partial charge on any atom is -0.496 e. The van der Waals surface area contributed by atoms with Gasteiger partial charge in [-0.25, -0.2) is 0 Å². The Bertz CT molecular complexity index is 746. The summed E-state index contributed by atoms with van der Waals surface area (Å²) < 4.78 is 10.5. The van der Waals surface area contributed by atoms with Gasteiger partial charge in [-0.05, 0) is 24.6 Å². The number of nitrogens with zero attached hydrogens (tertiary/aromatic N) is 1. The van der Waals surface area contributed by atoms with Crippen LogP contribution in [0.15, 0.2) is 42.5 Å². The van der Waals surface area contributed by atoms with Gasteiger partial charge in [0.1, 0.15) is 5.75 Å². The second-order valence-corrected chi connectivity index (χ2v) is 5.11. The zero-order chi connectivity index (χ0) is 17.5. The van der Waals surface area contributed by atoms with E-state index in [0.29, 0.717) is 5.75 Å². The van der Waals surface area contributed by atoms with E-state index in [2.05, 4.69) is 5.32 Å². The lowest BCUT2D eigenvalue weighted by Crippen LogP contribution is -2.28. The summed E-state index contributed by atoms with van der Waals surface area (Å²) in [4.78, 5) is 22.3. The number of benzene rings is 2. The molecule has 0 bridgehead atoms. The predicted molar refractivity (Wildman–Crippen MR) is 88.2 cm³/mol. The number of nitro benzene ring substituents is 1. The summed E-state index contributed by atoms with van der Waals surface area (Å²) >= 11 is 0. The van der Waals surface area contributed by atoms with Crippen molar-refractivity contribution in [1.29, 1.82) is 0 Å². The Morgan fingerprint density at radius 2 is 1.96 bits per heavy atom. The number of carbonyl (C=O) groups is 1. The maximum absolute atomic E-state index is 11.9. The number of rotatable bonds is 7. The monoisotopic (exact) mass is 330 g/mol. The van der Waals surface area contributed by atoms with Crippen LogP contribution in [0.3, 0.4) is 0 Å². The van der Waals surface area contributed by atoms with Crippen LogP contribution in [0, 0.1) is 17.0 Å². The Morgan fingerprint density at radius 3 is 2.67 bits per heavy atom. The highest BCUT2D eigenvalue weighted by Gasteiger charge is 2.16. The highest BCUT2D eigenvalue weighted by atomic mass is 16.6. The molecule has 1 N–H and O–H groups in total. The SMILES string of the molecule is COc1ccccc1CNC(=O)COc1cc(C)ccc1[N+](=O)[O-]. The summed E-state index contributed by atoms with van der Waals surface area (Å²) in [5, 5.41) is 13.7. The van der Waals surface area contributed by atoms with Gasteiger partial charge in [-0.15, -0.1) is 0 Å². The molecule has 0 fully saturated rings. The van der Waals surface area contributed by atoms with E-state index in [1.807, 2.05) is 18.2 Å². The van der Waals surface area contributed by atoms with Gasteiger partial charge >= 0.3 is 5.69 Å². The van der Waals surface area contributed by atoms with Crippen molar-refractivity contribution in [3.63, 3.8) is 0 Å². The Morgan fingerprint density at radius 1 is 1.21 bits per heavy atom. The van der Waals surface area contributed by atoms with Crippen molar-refractivity contribution in [2.75, 3.05) is 13.7 Å².